The molecule has 160 valence electrons. The molecule has 0 radical (unpaired) electrons. The van der Waals surface area contributed by atoms with Gasteiger partial charge in [0.15, 0.2) is 0 Å². The van der Waals surface area contributed by atoms with E-state index in [1.807, 2.05) is 12.1 Å². The van der Waals surface area contributed by atoms with E-state index in [-0.39, 0.29) is 11.1 Å². The van der Waals surface area contributed by atoms with Crippen molar-refractivity contribution in [3.63, 3.8) is 0 Å². The molecule has 3 aromatic carbocycles. The Balaban J connectivity index is 2.46. The van der Waals surface area contributed by atoms with E-state index in [0.717, 1.165) is 18.6 Å². The summed E-state index contributed by atoms with van der Waals surface area (Å²) in [5.74, 6) is -2.58. The molecule has 1 N–H and O–H groups in total. The number of esters is 2. The fourth-order valence-electron chi connectivity index (χ4n) is 3.14. The Labute approximate surface area is 178 Å². The van der Waals surface area contributed by atoms with Gasteiger partial charge in [-0.3, -0.25) is 4.55 Å². The third kappa shape index (κ3) is 4.48. The molecule has 0 spiro atoms. The summed E-state index contributed by atoms with van der Waals surface area (Å²) in [5, 5.41) is 1.48. The van der Waals surface area contributed by atoms with Crippen molar-refractivity contribution < 1.29 is 40.5 Å². The number of rotatable bonds is 5. The van der Waals surface area contributed by atoms with Crippen molar-refractivity contribution >= 4 is 48.7 Å². The minimum atomic E-state index is -5.00. The summed E-state index contributed by atoms with van der Waals surface area (Å²) in [6, 6.07) is 14.4. The molecule has 0 unspecified atom stereocenters. The summed E-state index contributed by atoms with van der Waals surface area (Å²) >= 11 is 0. The van der Waals surface area contributed by atoms with E-state index in [2.05, 4.69) is 4.74 Å². The van der Waals surface area contributed by atoms with E-state index in [1.54, 1.807) is 30.3 Å². The van der Waals surface area contributed by atoms with Crippen LogP contribution in [0.1, 0.15) is 20.7 Å². The highest BCUT2D eigenvalue weighted by molar-refractivity contribution is 7.86. The number of ether oxygens (including phenoxy) is 2. The number of hydrogen-bond donors (Lipinski definition) is 1. The van der Waals surface area contributed by atoms with Crippen LogP contribution in [-0.4, -0.2) is 46.0 Å². The second-order valence-corrected chi connectivity index (χ2v) is 8.22. The van der Waals surface area contributed by atoms with Crippen LogP contribution in [0.3, 0.4) is 0 Å². The van der Waals surface area contributed by atoms with E-state index in [4.69, 9.17) is 4.74 Å². The second-order valence-electron chi connectivity index (χ2n) is 6.12. The molecule has 3 rings (SSSR count). The molecule has 0 atom stereocenters. The van der Waals surface area contributed by atoms with Gasteiger partial charge >= 0.3 is 11.9 Å². The highest BCUT2D eigenvalue weighted by atomic mass is 32.2. The molecular weight excluding hydrogens is 448 g/mol. The van der Waals surface area contributed by atoms with Crippen LogP contribution >= 0.6 is 0 Å². The van der Waals surface area contributed by atoms with E-state index < -0.39 is 48.4 Å². The lowest BCUT2D eigenvalue weighted by molar-refractivity contribution is 0.0587. The van der Waals surface area contributed by atoms with Gasteiger partial charge in [0, 0.05) is 0 Å². The molecule has 11 heteroatoms. The molecule has 9 nitrogen and oxygen atoms in total. The number of benzene rings is 3. The average molecular weight is 462 g/mol. The highest BCUT2D eigenvalue weighted by Crippen LogP contribution is 2.35. The SMILES string of the molecule is COC(=O)c1c(-c2cccc3ccccc23)ccc(S(=O)(=O)O)c1C(=O)OC=S(=O)=O. The van der Waals surface area contributed by atoms with Crippen LogP contribution in [0.25, 0.3) is 21.9 Å². The normalized spacial score (nSPS) is 11.0. The van der Waals surface area contributed by atoms with Gasteiger partial charge < -0.3 is 9.47 Å². The Kier molecular flexibility index (Phi) is 6.20. The van der Waals surface area contributed by atoms with Crippen molar-refractivity contribution in [3.8, 4) is 11.1 Å². The van der Waals surface area contributed by atoms with E-state index in [9.17, 15) is 31.0 Å². The van der Waals surface area contributed by atoms with Gasteiger partial charge in [0.1, 0.15) is 4.90 Å². The lowest BCUT2D eigenvalue weighted by atomic mass is 9.92. The summed E-state index contributed by atoms with van der Waals surface area (Å²) in [6.07, 6.45) is 0. The Morgan fingerprint density at radius 3 is 2.23 bits per heavy atom. The maximum Gasteiger partial charge on any atom is 0.346 e. The first kappa shape index (κ1) is 22.2. The van der Waals surface area contributed by atoms with Gasteiger partial charge in [-0.1, -0.05) is 48.5 Å². The van der Waals surface area contributed by atoms with Crippen LogP contribution in [0.2, 0.25) is 0 Å². The van der Waals surface area contributed by atoms with Crippen LogP contribution in [0.4, 0.5) is 0 Å². The van der Waals surface area contributed by atoms with Crippen LogP contribution in [0.15, 0.2) is 59.5 Å². The number of fused-ring (bicyclic) bond motifs is 1. The lowest BCUT2D eigenvalue weighted by Crippen LogP contribution is -2.19. The van der Waals surface area contributed by atoms with Gasteiger partial charge in [0.2, 0.25) is 15.8 Å². The topological polar surface area (TPSA) is 141 Å². The Bertz CT molecular complexity index is 1440. The van der Waals surface area contributed by atoms with Crippen LogP contribution in [0.5, 0.6) is 0 Å². The van der Waals surface area contributed by atoms with Gasteiger partial charge in [-0.15, -0.1) is 0 Å². The Morgan fingerprint density at radius 2 is 1.58 bits per heavy atom. The monoisotopic (exact) mass is 462 g/mol. The molecule has 31 heavy (non-hydrogen) atoms. The largest absolute Gasteiger partial charge is 0.465 e. The number of methoxy groups -OCH3 is 1. The Hall–Kier alpha value is -3.54. The first-order chi connectivity index (χ1) is 14.6. The van der Waals surface area contributed by atoms with E-state index in [0.29, 0.717) is 10.9 Å². The average Bonchev–Trinajstić information content (AvgIpc) is 2.74. The van der Waals surface area contributed by atoms with Crippen molar-refractivity contribution in [2.75, 3.05) is 7.11 Å². The third-order valence-corrected chi connectivity index (χ3v) is 5.50. The minimum absolute atomic E-state index is 0.117. The van der Waals surface area contributed by atoms with Crippen LogP contribution < -0.4 is 0 Å². The fraction of sp³-hybridized carbons (Fsp3) is 0.0500. The fourth-order valence-corrected chi connectivity index (χ4v) is 3.99. The molecule has 0 aromatic heterocycles. The second kappa shape index (κ2) is 8.68. The van der Waals surface area contributed by atoms with E-state index in [1.165, 1.54) is 6.07 Å². The van der Waals surface area contributed by atoms with Crippen LogP contribution in [-0.2, 0) is 29.9 Å². The zero-order chi connectivity index (χ0) is 22.8. The summed E-state index contributed by atoms with van der Waals surface area (Å²) in [4.78, 5) is 24.3. The number of carbonyl (C=O) groups excluding carboxylic acids is 2. The lowest BCUT2D eigenvalue weighted by Gasteiger charge is -2.16. The predicted octanol–water partition coefficient (Wildman–Crippen LogP) is 2.34. The summed E-state index contributed by atoms with van der Waals surface area (Å²) in [6.45, 7) is 0. The summed E-state index contributed by atoms with van der Waals surface area (Å²) < 4.78 is 64.0. The van der Waals surface area contributed by atoms with Gasteiger partial charge in [-0.05, 0) is 28.0 Å². The number of carbonyl (C=O) groups is 2. The zero-order valence-electron chi connectivity index (χ0n) is 15.8. The van der Waals surface area contributed by atoms with Crippen molar-refractivity contribution in [1.82, 2.24) is 0 Å². The van der Waals surface area contributed by atoms with Gasteiger partial charge in [0.05, 0.1) is 18.2 Å². The van der Waals surface area contributed by atoms with Crippen molar-refractivity contribution in [3.05, 3.63) is 65.7 Å². The smallest absolute Gasteiger partial charge is 0.346 e. The summed E-state index contributed by atoms with van der Waals surface area (Å²) in [7, 11) is -6.89. The highest BCUT2D eigenvalue weighted by Gasteiger charge is 2.31. The molecule has 0 heterocycles. The predicted molar refractivity (Wildman–Crippen MR) is 111 cm³/mol. The molecule has 3 aromatic rings. The maximum absolute atomic E-state index is 12.6. The Morgan fingerprint density at radius 1 is 0.903 bits per heavy atom. The molecule has 0 aliphatic rings. The molecule has 0 saturated carbocycles. The van der Waals surface area contributed by atoms with Crippen molar-refractivity contribution in [2.24, 2.45) is 0 Å². The summed E-state index contributed by atoms with van der Waals surface area (Å²) in [5.41, 5.74) is -0.663. The van der Waals surface area contributed by atoms with Crippen molar-refractivity contribution in [2.45, 2.75) is 4.90 Å². The maximum atomic E-state index is 12.6. The zero-order valence-corrected chi connectivity index (χ0v) is 17.4. The molecule has 0 saturated heterocycles. The molecule has 0 bridgehead atoms. The van der Waals surface area contributed by atoms with Crippen molar-refractivity contribution in [1.29, 1.82) is 0 Å². The van der Waals surface area contributed by atoms with Gasteiger partial charge in [-0.2, -0.15) is 16.8 Å². The van der Waals surface area contributed by atoms with Gasteiger partial charge in [-0.25, -0.2) is 9.59 Å². The minimum Gasteiger partial charge on any atom is -0.465 e. The molecule has 0 amide bonds. The molecular formula is C20H14O9S2. The third-order valence-electron chi connectivity index (χ3n) is 4.35. The first-order valence-electron chi connectivity index (χ1n) is 8.48. The molecule has 0 aliphatic carbocycles. The quantitative estimate of drug-likeness (QED) is 0.343. The number of hydrogen-bond acceptors (Lipinski definition) is 8. The molecule has 0 aliphatic heterocycles. The van der Waals surface area contributed by atoms with E-state index >= 15 is 0 Å². The molecule has 0 fully saturated rings. The van der Waals surface area contributed by atoms with Gasteiger partial charge in [0.25, 0.3) is 10.1 Å². The first-order valence-corrected chi connectivity index (χ1v) is 11.1. The standard InChI is InChI=1S/C20H14O9S2/c1-28-19(21)17-15(14-8-4-6-12-5-2-3-7-13(12)14)9-10-16(31(25,26)27)18(17)20(22)29-11-30(23)24/h2-11H,1H3,(H,25,26,27). The van der Waals surface area contributed by atoms with Crippen LogP contribution in [0, 0.1) is 0 Å².